The van der Waals surface area contributed by atoms with Crippen LogP contribution in [0.25, 0.3) is 99.5 Å². The number of unbranched alkanes of at least 4 members (excludes halogenated alkanes) is 28. The zero-order valence-corrected chi connectivity index (χ0v) is 64.9. The number of thiophene rings is 9. The molecule has 0 unspecified atom stereocenters. The van der Waals surface area contributed by atoms with E-state index in [1.54, 1.807) is 58.8 Å². The normalized spacial score (nSPS) is 12.2. The molecule has 0 aliphatic rings. The molecule has 2 nitrogen and oxygen atoms in total. The summed E-state index contributed by atoms with van der Waals surface area (Å²) in [6, 6.07) is 19.6. The summed E-state index contributed by atoms with van der Waals surface area (Å²) in [7, 11) is 0. The topological polar surface area (TPSA) is 34.1 Å². The van der Waals surface area contributed by atoms with Crippen LogP contribution in [0.4, 0.5) is 0 Å². The van der Waals surface area contributed by atoms with Gasteiger partial charge in [0, 0.05) is 68.4 Å². The van der Waals surface area contributed by atoms with Crippen LogP contribution in [0.2, 0.25) is 0 Å². The lowest BCUT2D eigenvalue weighted by molar-refractivity contribution is 0.101. The molecule has 11 aromatic rings. The summed E-state index contributed by atoms with van der Waals surface area (Å²) in [5.74, 6) is 0.323. The van der Waals surface area contributed by atoms with Gasteiger partial charge in [-0.25, -0.2) is 0 Å². The van der Waals surface area contributed by atoms with E-state index in [4.69, 9.17) is 0 Å². The predicted octanol–water partition coefficient (Wildman–Crippen LogP) is 31.6. The molecule has 9 heterocycles. The standard InChI is InChI=1S/C82H104O2S9/c1-9-13-17-21-25-27-29-31-35-39-43-59-62-48-71(90-76(62)60(44-40-36-32-30-28-26-22-18-14-10-2)64-49-72(91-78(59)64)79-65-51-69(54(6)83)88-74(65)56(8)86-79)67-45-46-68(87-67)82-81-66(52-70(89-81)55(7)84)80(93-82)73-50-63-58(42-38-34-24-20-16-12-4)75-61(47-53(5)85-75)57(77(63)92-73)41-37-33-23-19-15-11-3/h45-52H,9-44H2,1-8H3. The second-order valence-corrected chi connectivity index (χ2v) is 37.1. The van der Waals surface area contributed by atoms with Crippen molar-refractivity contribution < 1.29 is 9.59 Å². The van der Waals surface area contributed by atoms with Crippen LogP contribution in [-0.2, 0) is 25.7 Å². The summed E-state index contributed by atoms with van der Waals surface area (Å²) < 4.78 is 8.61. The van der Waals surface area contributed by atoms with Gasteiger partial charge < -0.3 is 0 Å². The Morgan fingerprint density at radius 1 is 0.280 bits per heavy atom. The number of hydrogen-bond acceptors (Lipinski definition) is 11. The molecule has 0 atom stereocenters. The smallest absolute Gasteiger partial charge is 0.169 e. The van der Waals surface area contributed by atoms with E-state index >= 15 is 0 Å². The minimum Gasteiger partial charge on any atom is -0.294 e. The fraction of sp³-hybridized carbons (Fsp3) is 0.537. The van der Waals surface area contributed by atoms with Crippen LogP contribution in [0.3, 0.4) is 0 Å². The number of Topliss-reactive ketones (excluding diaryl/α,β-unsaturated/α-hetero) is 2. The van der Waals surface area contributed by atoms with E-state index in [1.807, 2.05) is 68.0 Å². The lowest BCUT2D eigenvalue weighted by atomic mass is 9.94. The fourth-order valence-electron chi connectivity index (χ4n) is 14.5. The van der Waals surface area contributed by atoms with Crippen LogP contribution in [0.15, 0.2) is 48.5 Å². The van der Waals surface area contributed by atoms with Gasteiger partial charge in [-0.2, -0.15) is 0 Å². The van der Waals surface area contributed by atoms with Crippen LogP contribution in [0.5, 0.6) is 0 Å². The zero-order valence-electron chi connectivity index (χ0n) is 57.6. The van der Waals surface area contributed by atoms with Crippen LogP contribution in [-0.4, -0.2) is 11.6 Å². The summed E-state index contributed by atoms with van der Waals surface area (Å²) in [6.07, 6.45) is 46.9. The van der Waals surface area contributed by atoms with Crippen LogP contribution < -0.4 is 0 Å². The monoisotopic (exact) mass is 1410 g/mol. The number of rotatable bonds is 42. The van der Waals surface area contributed by atoms with Crippen molar-refractivity contribution in [3.8, 4) is 39.0 Å². The Morgan fingerprint density at radius 2 is 0.613 bits per heavy atom. The highest BCUT2D eigenvalue weighted by molar-refractivity contribution is 7.35. The fourth-order valence-corrected chi connectivity index (χ4v) is 25.8. The van der Waals surface area contributed by atoms with Gasteiger partial charge in [0.1, 0.15) is 0 Å². The van der Waals surface area contributed by atoms with Gasteiger partial charge in [-0.15, -0.1) is 102 Å². The Bertz CT molecular complexity index is 4080. The molecule has 0 aliphatic carbocycles. The number of benzene rings is 2. The molecule has 0 bridgehead atoms. The van der Waals surface area contributed by atoms with E-state index in [0.29, 0.717) is 0 Å². The molecule has 9 aromatic heterocycles. The quantitative estimate of drug-likeness (QED) is 0.0282. The van der Waals surface area contributed by atoms with Crippen LogP contribution >= 0.6 is 102 Å². The third-order valence-electron chi connectivity index (χ3n) is 19.7. The second-order valence-electron chi connectivity index (χ2n) is 27.2. The highest BCUT2D eigenvalue weighted by Gasteiger charge is 2.27. The molecular weight excluding hydrogens is 1310 g/mol. The number of fused-ring (bicyclic) bond motifs is 6. The summed E-state index contributed by atoms with van der Waals surface area (Å²) in [4.78, 5) is 41.5. The number of hydrogen-bond donors (Lipinski definition) is 0. The van der Waals surface area contributed by atoms with Crippen LogP contribution in [0.1, 0.15) is 298 Å². The largest absolute Gasteiger partial charge is 0.294 e. The molecule has 0 saturated carbocycles. The maximum atomic E-state index is 13.4. The average Bonchev–Trinajstić information content (AvgIpc) is 1.60. The molecule has 0 saturated heterocycles. The van der Waals surface area contributed by atoms with Crippen molar-refractivity contribution in [1.29, 1.82) is 0 Å². The van der Waals surface area contributed by atoms with Crippen molar-refractivity contribution in [2.24, 2.45) is 0 Å². The van der Waals surface area contributed by atoms with Crippen molar-refractivity contribution in [3.63, 3.8) is 0 Å². The van der Waals surface area contributed by atoms with Gasteiger partial charge in [-0.1, -0.05) is 207 Å². The van der Waals surface area contributed by atoms with Gasteiger partial charge in [0.15, 0.2) is 11.6 Å². The summed E-state index contributed by atoms with van der Waals surface area (Å²) >= 11 is 17.4. The molecule has 0 spiro atoms. The molecule has 11 heteroatoms. The molecule has 0 N–H and O–H groups in total. The Labute approximate surface area is 594 Å². The second kappa shape index (κ2) is 34.9. The Balaban J connectivity index is 0.971. The molecule has 0 fully saturated rings. The van der Waals surface area contributed by atoms with Gasteiger partial charge >= 0.3 is 0 Å². The maximum Gasteiger partial charge on any atom is 0.169 e. The molecular formula is C82H104O2S9. The number of carbonyl (C=O) groups is 2. The van der Waals surface area contributed by atoms with Crippen molar-refractivity contribution in [2.45, 2.75) is 287 Å². The van der Waals surface area contributed by atoms with Crippen molar-refractivity contribution in [1.82, 2.24) is 0 Å². The van der Waals surface area contributed by atoms with Crippen molar-refractivity contribution in [2.75, 3.05) is 0 Å². The lowest BCUT2D eigenvalue weighted by Crippen LogP contribution is -1.93. The van der Waals surface area contributed by atoms with Gasteiger partial charge in [0.2, 0.25) is 0 Å². The number of aryl methyl sites for hydroxylation is 6. The molecule has 2 aromatic carbocycles. The molecule has 0 radical (unpaired) electrons. The summed E-state index contributed by atoms with van der Waals surface area (Å²) in [5.41, 5.74) is 6.28. The van der Waals surface area contributed by atoms with Gasteiger partial charge in [-0.05, 0) is 171 Å². The van der Waals surface area contributed by atoms with Gasteiger partial charge in [0.05, 0.1) is 29.1 Å². The summed E-state index contributed by atoms with van der Waals surface area (Å²) in [5, 5.41) is 8.50. The first-order chi connectivity index (χ1) is 45.5. The Kier molecular flexibility index (Phi) is 26.6. The lowest BCUT2D eigenvalue weighted by Gasteiger charge is -2.12. The van der Waals surface area contributed by atoms with E-state index < -0.39 is 0 Å². The molecule has 498 valence electrons. The number of ketones is 2. The van der Waals surface area contributed by atoms with E-state index in [2.05, 4.69) is 101 Å². The van der Waals surface area contributed by atoms with E-state index in [9.17, 15) is 9.59 Å². The van der Waals surface area contributed by atoms with E-state index in [-0.39, 0.29) is 11.6 Å². The number of carbonyl (C=O) groups excluding carboxylic acids is 2. The SMILES string of the molecule is CCCCCCCCCCCCc1c2cc(-c3sc(C)c4sc(C(C)=O)cc34)sc2c(CCCCCCCCCCCC)c2cc(-c3ccc(-c4sc(-c5cc6c(CCCCCCCC)c7sc(C)cc7c(CCCCCCCC)c6s5)c5cc(C(C)=O)sc45)s3)sc12. The predicted molar refractivity (Wildman–Crippen MR) is 429 cm³/mol. The highest BCUT2D eigenvalue weighted by atomic mass is 32.1. The molecule has 0 amide bonds. The molecule has 0 aliphatic heterocycles. The average molecular weight is 1410 g/mol. The first kappa shape index (κ1) is 70.9. The van der Waals surface area contributed by atoms with Crippen molar-refractivity contribution in [3.05, 3.63) is 90.3 Å². The van der Waals surface area contributed by atoms with Gasteiger partial charge in [0.25, 0.3) is 0 Å². The first-order valence-corrected chi connectivity index (χ1v) is 44.0. The van der Waals surface area contributed by atoms with Crippen molar-refractivity contribution >= 4 is 174 Å². The van der Waals surface area contributed by atoms with Gasteiger partial charge in [-0.3, -0.25) is 9.59 Å². The molecule has 93 heavy (non-hydrogen) atoms. The molecule has 11 rings (SSSR count). The Morgan fingerprint density at radius 3 is 1.03 bits per heavy atom. The minimum absolute atomic E-state index is 0.159. The van der Waals surface area contributed by atoms with E-state index in [1.165, 1.54) is 315 Å². The first-order valence-electron chi connectivity index (χ1n) is 36.7. The summed E-state index contributed by atoms with van der Waals surface area (Å²) in [6.45, 7) is 17.3. The maximum absolute atomic E-state index is 13.4. The van der Waals surface area contributed by atoms with Crippen LogP contribution in [0, 0.1) is 13.8 Å². The zero-order chi connectivity index (χ0) is 64.8. The third-order valence-corrected chi connectivity index (χ3v) is 31.4. The van der Waals surface area contributed by atoms with E-state index in [0.717, 1.165) is 35.4 Å². The minimum atomic E-state index is 0.159. The third kappa shape index (κ3) is 17.0. The highest BCUT2D eigenvalue weighted by Crippen LogP contribution is 2.56. The Hall–Kier alpha value is -3.36.